The summed E-state index contributed by atoms with van der Waals surface area (Å²) in [5.41, 5.74) is 1.09. The van der Waals surface area contributed by atoms with Gasteiger partial charge in [0.1, 0.15) is 12.1 Å². The lowest BCUT2D eigenvalue weighted by Gasteiger charge is -2.07. The molecule has 0 radical (unpaired) electrons. The van der Waals surface area contributed by atoms with Crippen LogP contribution in [0.5, 0.6) is 0 Å². The lowest BCUT2D eigenvalue weighted by Crippen LogP contribution is -2.08. The molecule has 0 fully saturated rings. The van der Waals surface area contributed by atoms with E-state index >= 15 is 0 Å². The van der Waals surface area contributed by atoms with Gasteiger partial charge in [0.15, 0.2) is 0 Å². The van der Waals surface area contributed by atoms with Crippen LogP contribution >= 0.6 is 11.6 Å². The van der Waals surface area contributed by atoms with E-state index in [9.17, 15) is 0 Å². The number of nitrogens with zero attached hydrogens (tertiary/aromatic N) is 2. The minimum absolute atomic E-state index is 0.203. The van der Waals surface area contributed by atoms with Crippen LogP contribution in [0.2, 0.25) is 0 Å². The predicted molar refractivity (Wildman–Crippen MR) is 64.4 cm³/mol. The Morgan fingerprint density at radius 1 is 1.47 bits per heavy atom. The van der Waals surface area contributed by atoms with Crippen LogP contribution in [0.15, 0.2) is 12.4 Å². The average molecular weight is 228 g/mol. The number of aromatic nitrogens is 2. The maximum absolute atomic E-state index is 5.85. The van der Waals surface area contributed by atoms with Crippen molar-refractivity contribution in [2.45, 2.75) is 38.5 Å². The Labute approximate surface area is 96.3 Å². The summed E-state index contributed by atoms with van der Waals surface area (Å²) < 4.78 is 0. The van der Waals surface area contributed by atoms with Gasteiger partial charge in [-0.2, -0.15) is 0 Å². The molecular weight excluding hydrogens is 210 g/mol. The van der Waals surface area contributed by atoms with Crippen molar-refractivity contribution in [1.82, 2.24) is 9.97 Å². The highest BCUT2D eigenvalue weighted by molar-refractivity contribution is 6.20. The van der Waals surface area contributed by atoms with Crippen molar-refractivity contribution in [2.24, 2.45) is 0 Å². The molecule has 0 amide bonds. The molecule has 1 aromatic heterocycles. The van der Waals surface area contributed by atoms with Crippen LogP contribution in [-0.2, 0) is 6.42 Å². The summed E-state index contributed by atoms with van der Waals surface area (Å²) in [4.78, 5) is 8.35. The number of hydrogen-bond acceptors (Lipinski definition) is 3. The van der Waals surface area contributed by atoms with Gasteiger partial charge in [0.05, 0.1) is 0 Å². The van der Waals surface area contributed by atoms with E-state index in [1.165, 1.54) is 0 Å². The Bertz CT molecular complexity index is 289. The largest absolute Gasteiger partial charge is 0.370 e. The molecular formula is C11H18ClN3. The van der Waals surface area contributed by atoms with Crippen molar-refractivity contribution in [2.75, 3.05) is 11.9 Å². The molecule has 1 rings (SSSR count). The van der Waals surface area contributed by atoms with Gasteiger partial charge in [-0.15, -0.1) is 11.6 Å². The summed E-state index contributed by atoms with van der Waals surface area (Å²) in [6.45, 7) is 4.99. The summed E-state index contributed by atoms with van der Waals surface area (Å²) in [6.07, 6.45) is 4.66. The highest BCUT2D eigenvalue weighted by Gasteiger charge is 1.99. The minimum Gasteiger partial charge on any atom is -0.370 e. The summed E-state index contributed by atoms with van der Waals surface area (Å²) in [7, 11) is 0. The van der Waals surface area contributed by atoms with E-state index in [0.29, 0.717) is 0 Å². The summed E-state index contributed by atoms with van der Waals surface area (Å²) in [5.74, 6) is 0.894. The molecule has 0 bridgehead atoms. The fourth-order valence-electron chi connectivity index (χ4n) is 1.29. The first kappa shape index (κ1) is 12.2. The van der Waals surface area contributed by atoms with Gasteiger partial charge in [-0.1, -0.05) is 13.3 Å². The zero-order valence-electron chi connectivity index (χ0n) is 9.33. The second kappa shape index (κ2) is 6.62. The Balaban J connectivity index is 2.43. The van der Waals surface area contributed by atoms with Crippen LogP contribution in [-0.4, -0.2) is 21.9 Å². The van der Waals surface area contributed by atoms with E-state index in [2.05, 4.69) is 22.2 Å². The maximum Gasteiger partial charge on any atom is 0.129 e. The van der Waals surface area contributed by atoms with Gasteiger partial charge >= 0.3 is 0 Å². The number of rotatable bonds is 6. The molecule has 4 heteroatoms. The number of hydrogen-bond donors (Lipinski definition) is 1. The summed E-state index contributed by atoms with van der Waals surface area (Å²) in [6, 6.07) is 2.00. The van der Waals surface area contributed by atoms with Crippen LogP contribution in [0, 0.1) is 0 Å². The van der Waals surface area contributed by atoms with Crippen molar-refractivity contribution >= 4 is 17.4 Å². The molecule has 1 unspecified atom stereocenters. The molecule has 0 aliphatic heterocycles. The van der Waals surface area contributed by atoms with Gasteiger partial charge in [0.2, 0.25) is 0 Å². The molecule has 1 aromatic rings. The molecule has 0 saturated heterocycles. The van der Waals surface area contributed by atoms with Gasteiger partial charge in [0, 0.05) is 23.7 Å². The second-order valence-electron chi connectivity index (χ2n) is 3.64. The summed E-state index contributed by atoms with van der Waals surface area (Å²) in [5, 5.41) is 3.44. The number of anilines is 1. The SMILES string of the molecule is CCCc1cc(NCCC(C)Cl)ncn1. The Kier molecular flexibility index (Phi) is 5.40. The summed E-state index contributed by atoms with van der Waals surface area (Å²) >= 11 is 5.85. The smallest absolute Gasteiger partial charge is 0.129 e. The van der Waals surface area contributed by atoms with Crippen LogP contribution in [0.4, 0.5) is 5.82 Å². The van der Waals surface area contributed by atoms with Gasteiger partial charge in [-0.3, -0.25) is 0 Å². The molecule has 3 nitrogen and oxygen atoms in total. The lowest BCUT2D eigenvalue weighted by atomic mass is 10.2. The fourth-order valence-corrected chi connectivity index (χ4v) is 1.40. The van der Waals surface area contributed by atoms with E-state index in [4.69, 9.17) is 11.6 Å². The van der Waals surface area contributed by atoms with E-state index in [0.717, 1.165) is 37.3 Å². The van der Waals surface area contributed by atoms with Crippen LogP contribution < -0.4 is 5.32 Å². The quantitative estimate of drug-likeness (QED) is 0.760. The van der Waals surface area contributed by atoms with Crippen molar-refractivity contribution in [3.8, 4) is 0 Å². The lowest BCUT2D eigenvalue weighted by molar-refractivity contribution is 0.833. The number of alkyl halides is 1. The zero-order chi connectivity index (χ0) is 11.1. The highest BCUT2D eigenvalue weighted by Crippen LogP contribution is 2.07. The Morgan fingerprint density at radius 3 is 2.93 bits per heavy atom. The highest BCUT2D eigenvalue weighted by atomic mass is 35.5. The Morgan fingerprint density at radius 2 is 2.27 bits per heavy atom. The predicted octanol–water partition coefficient (Wildman–Crippen LogP) is 2.86. The van der Waals surface area contributed by atoms with Crippen LogP contribution in [0.25, 0.3) is 0 Å². The maximum atomic E-state index is 5.85. The number of nitrogens with one attached hydrogen (secondary N) is 1. The molecule has 0 aromatic carbocycles. The van der Waals surface area contributed by atoms with E-state index in [1.807, 2.05) is 13.0 Å². The zero-order valence-corrected chi connectivity index (χ0v) is 10.1. The topological polar surface area (TPSA) is 37.8 Å². The second-order valence-corrected chi connectivity index (χ2v) is 4.39. The van der Waals surface area contributed by atoms with Crippen molar-refractivity contribution < 1.29 is 0 Å². The number of aryl methyl sites for hydroxylation is 1. The van der Waals surface area contributed by atoms with E-state index in [-0.39, 0.29) is 5.38 Å². The normalized spacial score (nSPS) is 12.5. The monoisotopic (exact) mass is 227 g/mol. The molecule has 1 heterocycles. The molecule has 0 saturated carbocycles. The van der Waals surface area contributed by atoms with Gasteiger partial charge in [-0.05, 0) is 19.8 Å². The molecule has 1 atom stereocenters. The molecule has 0 aliphatic rings. The third-order valence-electron chi connectivity index (χ3n) is 2.08. The van der Waals surface area contributed by atoms with Gasteiger partial charge in [0.25, 0.3) is 0 Å². The molecule has 0 aliphatic carbocycles. The van der Waals surface area contributed by atoms with E-state index in [1.54, 1.807) is 6.33 Å². The van der Waals surface area contributed by atoms with Gasteiger partial charge < -0.3 is 5.32 Å². The third kappa shape index (κ3) is 4.98. The molecule has 0 spiro atoms. The molecule has 84 valence electrons. The first-order valence-electron chi connectivity index (χ1n) is 5.41. The first-order chi connectivity index (χ1) is 7.22. The molecule has 1 N–H and O–H groups in total. The van der Waals surface area contributed by atoms with Crippen molar-refractivity contribution in [1.29, 1.82) is 0 Å². The van der Waals surface area contributed by atoms with Crippen molar-refractivity contribution in [3.63, 3.8) is 0 Å². The number of halogens is 1. The fraction of sp³-hybridized carbons (Fsp3) is 0.636. The van der Waals surface area contributed by atoms with E-state index < -0.39 is 0 Å². The molecule has 15 heavy (non-hydrogen) atoms. The Hall–Kier alpha value is -0.830. The minimum atomic E-state index is 0.203. The van der Waals surface area contributed by atoms with Crippen LogP contribution in [0.1, 0.15) is 32.4 Å². The third-order valence-corrected chi connectivity index (χ3v) is 2.30. The standard InChI is InChI=1S/C11H18ClN3/c1-3-4-10-7-11(15-8-14-10)13-6-5-9(2)12/h7-9H,3-6H2,1-2H3,(H,13,14,15). The first-order valence-corrected chi connectivity index (χ1v) is 5.85. The van der Waals surface area contributed by atoms with Gasteiger partial charge in [-0.25, -0.2) is 9.97 Å². The van der Waals surface area contributed by atoms with Crippen LogP contribution in [0.3, 0.4) is 0 Å². The average Bonchev–Trinajstić information content (AvgIpc) is 2.18. The van der Waals surface area contributed by atoms with Crippen molar-refractivity contribution in [3.05, 3.63) is 18.1 Å².